The molecule has 1 fully saturated rings. The quantitative estimate of drug-likeness (QED) is 0.819. The van der Waals surface area contributed by atoms with Crippen LogP contribution in [0.1, 0.15) is 26.2 Å². The number of fused-ring (bicyclic) bond motifs is 1. The van der Waals surface area contributed by atoms with E-state index < -0.39 is 0 Å². The first-order valence-corrected chi connectivity index (χ1v) is 8.27. The van der Waals surface area contributed by atoms with Crippen LogP contribution in [0.3, 0.4) is 0 Å². The number of piperidine rings is 1. The lowest BCUT2D eigenvalue weighted by Gasteiger charge is -2.30. The van der Waals surface area contributed by atoms with E-state index >= 15 is 0 Å². The third kappa shape index (κ3) is 3.76. The van der Waals surface area contributed by atoms with Gasteiger partial charge in [-0.1, -0.05) is 43.3 Å². The Kier molecular flexibility index (Phi) is 4.76. The lowest BCUT2D eigenvalue weighted by atomic mass is 9.99. The van der Waals surface area contributed by atoms with Crippen LogP contribution in [0.5, 0.6) is 0 Å². The molecule has 1 aliphatic heterocycles. The first-order chi connectivity index (χ1) is 10.3. The number of anilines is 1. The highest BCUT2D eigenvalue weighted by Crippen LogP contribution is 2.23. The molecule has 1 saturated heterocycles. The third-order valence-corrected chi connectivity index (χ3v) is 4.63. The van der Waals surface area contributed by atoms with E-state index in [4.69, 9.17) is 0 Å². The fourth-order valence-corrected chi connectivity index (χ4v) is 3.19. The average Bonchev–Trinajstić information content (AvgIpc) is 2.53. The molecule has 3 rings (SSSR count). The number of hydrogen-bond acceptors (Lipinski definition) is 2. The Labute approximate surface area is 128 Å². The Balaban J connectivity index is 1.48. The number of hydrogen-bond donors (Lipinski definition) is 1. The van der Waals surface area contributed by atoms with E-state index in [9.17, 15) is 0 Å². The summed E-state index contributed by atoms with van der Waals surface area (Å²) >= 11 is 0. The second kappa shape index (κ2) is 6.95. The summed E-state index contributed by atoms with van der Waals surface area (Å²) in [6.45, 7) is 7.23. The van der Waals surface area contributed by atoms with Crippen molar-refractivity contribution < 1.29 is 0 Å². The van der Waals surface area contributed by atoms with Crippen LogP contribution in [0, 0.1) is 5.92 Å². The molecule has 0 unspecified atom stereocenters. The molecule has 0 aliphatic carbocycles. The zero-order chi connectivity index (χ0) is 14.5. The van der Waals surface area contributed by atoms with Crippen LogP contribution in [0.2, 0.25) is 0 Å². The molecule has 0 amide bonds. The largest absolute Gasteiger partial charge is 0.384 e. The monoisotopic (exact) mass is 282 g/mol. The molecule has 2 aromatic rings. The predicted octanol–water partition coefficient (Wildman–Crippen LogP) is 4.37. The van der Waals surface area contributed by atoms with Gasteiger partial charge in [-0.2, -0.15) is 0 Å². The Morgan fingerprint density at radius 2 is 1.81 bits per heavy atom. The minimum Gasteiger partial charge on any atom is -0.384 e. The van der Waals surface area contributed by atoms with Gasteiger partial charge in [0.05, 0.1) is 0 Å². The molecule has 2 aromatic carbocycles. The molecule has 112 valence electrons. The number of rotatable bonds is 5. The molecular formula is C19H26N2. The van der Waals surface area contributed by atoms with Crippen LogP contribution in [-0.2, 0) is 0 Å². The maximum absolute atomic E-state index is 3.61. The van der Waals surface area contributed by atoms with Gasteiger partial charge < -0.3 is 10.2 Å². The van der Waals surface area contributed by atoms with Gasteiger partial charge in [-0.05, 0) is 56.3 Å². The van der Waals surface area contributed by atoms with Gasteiger partial charge in [0.15, 0.2) is 0 Å². The van der Waals surface area contributed by atoms with Gasteiger partial charge in [0.2, 0.25) is 0 Å². The van der Waals surface area contributed by atoms with Crippen LogP contribution in [0.25, 0.3) is 10.8 Å². The van der Waals surface area contributed by atoms with Crippen LogP contribution in [0.15, 0.2) is 42.5 Å². The van der Waals surface area contributed by atoms with Gasteiger partial charge in [0, 0.05) is 17.6 Å². The van der Waals surface area contributed by atoms with E-state index in [1.165, 1.54) is 55.4 Å². The van der Waals surface area contributed by atoms with Gasteiger partial charge in [-0.15, -0.1) is 0 Å². The van der Waals surface area contributed by atoms with Gasteiger partial charge in [0.1, 0.15) is 0 Å². The first kappa shape index (κ1) is 14.4. The predicted molar refractivity (Wildman–Crippen MR) is 91.9 cm³/mol. The zero-order valence-electron chi connectivity index (χ0n) is 13.0. The molecule has 21 heavy (non-hydrogen) atoms. The van der Waals surface area contributed by atoms with Crippen molar-refractivity contribution in [2.45, 2.75) is 26.2 Å². The van der Waals surface area contributed by atoms with Crippen molar-refractivity contribution in [2.24, 2.45) is 5.92 Å². The summed E-state index contributed by atoms with van der Waals surface area (Å²) in [5.41, 5.74) is 1.26. The Morgan fingerprint density at radius 1 is 1.05 bits per heavy atom. The lowest BCUT2D eigenvalue weighted by Crippen LogP contribution is -2.34. The minimum absolute atomic E-state index is 0.926. The van der Waals surface area contributed by atoms with E-state index in [2.05, 4.69) is 59.6 Å². The van der Waals surface area contributed by atoms with E-state index in [0.29, 0.717) is 0 Å². The Hall–Kier alpha value is -1.54. The summed E-state index contributed by atoms with van der Waals surface area (Å²) in [6.07, 6.45) is 3.96. The average molecular weight is 282 g/mol. The van der Waals surface area contributed by atoms with Crippen LogP contribution in [-0.4, -0.2) is 31.1 Å². The van der Waals surface area contributed by atoms with Crippen LogP contribution in [0.4, 0.5) is 5.69 Å². The molecule has 2 nitrogen and oxygen atoms in total. The molecule has 0 aromatic heterocycles. The Bertz CT molecular complexity index is 565. The van der Waals surface area contributed by atoms with E-state index in [-0.39, 0.29) is 0 Å². The topological polar surface area (TPSA) is 15.3 Å². The normalized spacial score (nSPS) is 17.2. The molecule has 1 heterocycles. The number of likely N-dealkylation sites (tertiary alicyclic amines) is 1. The summed E-state index contributed by atoms with van der Waals surface area (Å²) in [6, 6.07) is 15.1. The molecule has 2 heteroatoms. The highest BCUT2D eigenvalue weighted by molar-refractivity contribution is 5.93. The highest BCUT2D eigenvalue weighted by Gasteiger charge is 2.14. The second-order valence-electron chi connectivity index (χ2n) is 6.33. The van der Waals surface area contributed by atoms with Crippen molar-refractivity contribution in [2.75, 3.05) is 31.5 Å². The molecule has 0 spiro atoms. The molecule has 0 radical (unpaired) electrons. The summed E-state index contributed by atoms with van der Waals surface area (Å²) in [5.74, 6) is 0.926. The number of nitrogens with zero attached hydrogens (tertiary/aromatic N) is 1. The van der Waals surface area contributed by atoms with E-state index in [1.807, 2.05) is 0 Å². The van der Waals surface area contributed by atoms with Crippen molar-refractivity contribution in [1.29, 1.82) is 0 Å². The zero-order valence-corrected chi connectivity index (χ0v) is 13.0. The smallest absolute Gasteiger partial charge is 0.0419 e. The lowest BCUT2D eigenvalue weighted by molar-refractivity contribution is 0.192. The van der Waals surface area contributed by atoms with Crippen molar-refractivity contribution in [3.8, 4) is 0 Å². The van der Waals surface area contributed by atoms with Gasteiger partial charge in [-0.25, -0.2) is 0 Å². The maximum atomic E-state index is 3.61. The van der Waals surface area contributed by atoms with Crippen molar-refractivity contribution >= 4 is 16.5 Å². The van der Waals surface area contributed by atoms with Gasteiger partial charge in [-0.3, -0.25) is 0 Å². The van der Waals surface area contributed by atoms with Crippen molar-refractivity contribution in [3.05, 3.63) is 42.5 Å². The minimum atomic E-state index is 0.926. The summed E-state index contributed by atoms with van der Waals surface area (Å²) in [4.78, 5) is 2.62. The molecule has 0 bridgehead atoms. The first-order valence-electron chi connectivity index (χ1n) is 8.27. The van der Waals surface area contributed by atoms with E-state index in [0.717, 1.165) is 12.5 Å². The molecule has 0 atom stereocenters. The number of benzene rings is 2. The fourth-order valence-electron chi connectivity index (χ4n) is 3.19. The van der Waals surface area contributed by atoms with Gasteiger partial charge >= 0.3 is 0 Å². The summed E-state index contributed by atoms with van der Waals surface area (Å²) < 4.78 is 0. The maximum Gasteiger partial charge on any atom is 0.0419 e. The molecule has 1 N–H and O–H groups in total. The van der Waals surface area contributed by atoms with Crippen molar-refractivity contribution in [3.63, 3.8) is 0 Å². The van der Waals surface area contributed by atoms with Crippen LogP contribution >= 0.6 is 0 Å². The SMILES string of the molecule is CC1CCN(CCCNc2cccc3ccccc23)CC1. The Morgan fingerprint density at radius 3 is 2.67 bits per heavy atom. The molecular weight excluding hydrogens is 256 g/mol. The number of nitrogens with one attached hydrogen (secondary N) is 1. The summed E-state index contributed by atoms with van der Waals surface area (Å²) in [5, 5.41) is 6.25. The van der Waals surface area contributed by atoms with Crippen LogP contribution < -0.4 is 5.32 Å². The third-order valence-electron chi connectivity index (χ3n) is 4.63. The van der Waals surface area contributed by atoms with Gasteiger partial charge in [0.25, 0.3) is 0 Å². The fraction of sp³-hybridized carbons (Fsp3) is 0.474. The van der Waals surface area contributed by atoms with Crippen molar-refractivity contribution in [1.82, 2.24) is 4.90 Å². The second-order valence-corrected chi connectivity index (χ2v) is 6.33. The van der Waals surface area contributed by atoms with E-state index in [1.54, 1.807) is 0 Å². The summed E-state index contributed by atoms with van der Waals surface area (Å²) in [7, 11) is 0. The molecule has 0 saturated carbocycles. The highest BCUT2D eigenvalue weighted by atomic mass is 15.1. The standard InChI is InChI=1S/C19H26N2/c1-16-10-14-21(15-11-16)13-5-12-20-19-9-4-7-17-6-2-3-8-18(17)19/h2-4,6-9,16,20H,5,10-15H2,1H3. The molecule has 1 aliphatic rings.